The Morgan fingerprint density at radius 2 is 0.968 bits per heavy atom. The summed E-state index contributed by atoms with van der Waals surface area (Å²) in [5.41, 5.74) is 2.65. The number of aliphatic hydroxyl groups excluding tert-OH is 2. The average molecular weight is 890 g/mol. The number of hydrogen-bond donors (Lipinski definition) is 7. The van der Waals surface area contributed by atoms with E-state index in [2.05, 4.69) is 26.6 Å². The summed E-state index contributed by atoms with van der Waals surface area (Å²) < 4.78 is 14.3. The fourth-order valence-corrected chi connectivity index (χ4v) is 8.79. The van der Waals surface area contributed by atoms with Crippen LogP contribution in [-0.2, 0) is 54.2 Å². The van der Waals surface area contributed by atoms with Crippen LogP contribution in [0.1, 0.15) is 97.3 Å². The maximum Gasteiger partial charge on any atom is 0.242 e. The van der Waals surface area contributed by atoms with Crippen LogP contribution < -0.4 is 26.6 Å². The molecule has 0 radical (unpaired) electrons. The molecule has 0 heterocycles. The summed E-state index contributed by atoms with van der Waals surface area (Å²) >= 11 is 0. The van der Waals surface area contributed by atoms with Gasteiger partial charge in [0.2, 0.25) is 29.5 Å². The minimum atomic E-state index is -1.78. The molecule has 0 aromatic heterocycles. The summed E-state index contributed by atoms with van der Waals surface area (Å²) in [6.07, 6.45) is -1.68. The van der Waals surface area contributed by atoms with Gasteiger partial charge in [-0.3, -0.25) is 28.2 Å². The van der Waals surface area contributed by atoms with Gasteiger partial charge in [-0.25, -0.2) is 0 Å². The zero-order valence-corrected chi connectivity index (χ0v) is 38.9. The van der Waals surface area contributed by atoms with Crippen LogP contribution in [0.2, 0.25) is 0 Å². The largest absolute Gasteiger partial charge is 0.390 e. The third-order valence-corrected chi connectivity index (χ3v) is 12.2. The number of amides is 5. The first-order chi connectivity index (χ1) is 29.9. The highest BCUT2D eigenvalue weighted by molar-refractivity contribution is 7.86. The quantitative estimate of drug-likeness (QED) is 0.0580. The number of nitrogens with one attached hydrogen (secondary N) is 5. The maximum absolute atomic E-state index is 14.3. The smallest absolute Gasteiger partial charge is 0.242 e. The summed E-state index contributed by atoms with van der Waals surface area (Å²) in [5.74, 6) is -2.10. The van der Waals surface area contributed by atoms with Gasteiger partial charge in [-0.2, -0.15) is 0 Å². The van der Waals surface area contributed by atoms with Gasteiger partial charge in [0.25, 0.3) is 0 Å². The van der Waals surface area contributed by atoms with E-state index in [4.69, 9.17) is 0 Å². The second-order valence-corrected chi connectivity index (χ2v) is 19.5. The van der Waals surface area contributed by atoms with Crippen LogP contribution in [0.3, 0.4) is 0 Å². The topological polar surface area (TPSA) is 203 Å². The predicted octanol–water partition coefficient (Wildman–Crippen LogP) is 4.50. The first-order valence-corrected chi connectivity index (χ1v) is 23.6. The van der Waals surface area contributed by atoms with Crippen molar-refractivity contribution in [1.29, 1.82) is 0 Å². The molecule has 0 bridgehead atoms. The lowest BCUT2D eigenvalue weighted by molar-refractivity contribution is -0.131. The van der Waals surface area contributed by atoms with Gasteiger partial charge >= 0.3 is 0 Å². The number of rotatable bonds is 27. The lowest BCUT2D eigenvalue weighted by Crippen LogP contribution is -2.54. The zero-order valence-electron chi connectivity index (χ0n) is 38.0. The van der Waals surface area contributed by atoms with Gasteiger partial charge in [0.1, 0.15) is 11.3 Å². The van der Waals surface area contributed by atoms with E-state index in [1.54, 1.807) is 0 Å². The summed E-state index contributed by atoms with van der Waals surface area (Å²) in [5, 5.41) is 35.6. The van der Waals surface area contributed by atoms with E-state index in [1.165, 1.54) is 6.92 Å². The Bertz CT molecular complexity index is 1880. The van der Waals surface area contributed by atoms with E-state index in [0.717, 1.165) is 16.7 Å². The molecule has 0 spiro atoms. The van der Waals surface area contributed by atoms with Gasteiger partial charge < -0.3 is 36.8 Å². The Balaban J connectivity index is 1.70. The van der Waals surface area contributed by atoms with Crippen LogP contribution in [0.4, 0.5) is 0 Å². The van der Waals surface area contributed by atoms with Crippen molar-refractivity contribution in [2.75, 3.05) is 5.75 Å². The van der Waals surface area contributed by atoms with Crippen molar-refractivity contribution in [2.24, 2.45) is 17.8 Å². The van der Waals surface area contributed by atoms with Crippen molar-refractivity contribution < 1.29 is 38.4 Å². The molecule has 63 heavy (non-hydrogen) atoms. The third-order valence-electron chi connectivity index (χ3n) is 10.5. The highest BCUT2D eigenvalue weighted by atomic mass is 32.2. The predicted molar refractivity (Wildman–Crippen MR) is 248 cm³/mol. The minimum absolute atomic E-state index is 0.00746. The SMILES string of the molecule is CC(C)CC(=O)N[C@@H](Cc1ccccc1)CS(=O)[C@@H](Cc1ccccc1)C(=O)N[C@@H](CC(C)C)C(O)CC(=O)N[C@@H](C)C(=O)N[C@@H](CC(C)C)C(O)CC(=O)NCc1ccccc1. The van der Waals surface area contributed by atoms with Crippen molar-refractivity contribution >= 4 is 40.3 Å². The van der Waals surface area contributed by atoms with E-state index in [-0.39, 0.29) is 48.2 Å². The number of hydrogen-bond acceptors (Lipinski definition) is 8. The van der Waals surface area contributed by atoms with Crippen LogP contribution in [0, 0.1) is 17.8 Å². The molecule has 13 nitrogen and oxygen atoms in total. The Hall–Kier alpha value is -4.92. The van der Waals surface area contributed by atoms with Gasteiger partial charge in [-0.15, -0.1) is 0 Å². The van der Waals surface area contributed by atoms with Gasteiger partial charge in [-0.05, 0) is 67.1 Å². The van der Waals surface area contributed by atoms with Crippen molar-refractivity contribution in [1.82, 2.24) is 26.6 Å². The first-order valence-electron chi connectivity index (χ1n) is 22.2. The molecule has 0 saturated heterocycles. The lowest BCUT2D eigenvalue weighted by Gasteiger charge is -2.29. The molecule has 346 valence electrons. The van der Waals surface area contributed by atoms with Gasteiger partial charge in [0, 0.05) is 35.6 Å². The van der Waals surface area contributed by atoms with Crippen molar-refractivity contribution in [3.63, 3.8) is 0 Å². The molecule has 8 atom stereocenters. The normalized spacial score (nSPS) is 15.3. The molecule has 14 heteroatoms. The standard InChI is InChI=1S/C49H71N5O8S/c1-32(2)23-40(42(55)28-45(57)50-30-38-21-15-10-16-22-38)53-48(60)35(7)51-47(59)29-43(56)41(24-33(3)4)54-49(61)44(27-37-19-13-9-14-20-37)63(62)31-39(52-46(58)25-34(5)6)26-36-17-11-8-12-18-36/h8-22,32-35,39-44,55-56H,23-31H2,1-7H3,(H,50,57)(H,51,59)(H,52,58)(H,53,60)(H,54,61)/t35-,39-,40-,41-,42?,43?,44-,63?/m0/s1. The number of benzene rings is 3. The second-order valence-electron chi connectivity index (χ2n) is 17.9. The molecule has 0 aliphatic heterocycles. The maximum atomic E-state index is 14.3. The summed E-state index contributed by atoms with van der Waals surface area (Å²) in [4.78, 5) is 66.6. The van der Waals surface area contributed by atoms with E-state index in [0.29, 0.717) is 32.2 Å². The van der Waals surface area contributed by atoms with Crippen LogP contribution >= 0.6 is 0 Å². The molecule has 7 N–H and O–H groups in total. The zero-order chi connectivity index (χ0) is 46.5. The fraction of sp³-hybridized carbons (Fsp3) is 0.531. The van der Waals surface area contributed by atoms with E-state index < -0.39 is 76.6 Å². The van der Waals surface area contributed by atoms with Gasteiger partial charge in [0.05, 0.1) is 37.1 Å². The summed E-state index contributed by atoms with van der Waals surface area (Å²) in [6, 6.07) is 24.9. The Labute approximate surface area is 376 Å². The number of carbonyl (C=O) groups is 5. The molecule has 3 unspecified atom stereocenters. The second kappa shape index (κ2) is 27.3. The summed E-state index contributed by atoms with van der Waals surface area (Å²) in [6.45, 7) is 13.4. The van der Waals surface area contributed by atoms with E-state index >= 15 is 0 Å². The van der Waals surface area contributed by atoms with Crippen LogP contribution in [-0.4, -0.2) is 91.3 Å². The highest BCUT2D eigenvalue weighted by Gasteiger charge is 2.33. The van der Waals surface area contributed by atoms with Gasteiger partial charge in [-0.1, -0.05) is 133 Å². The van der Waals surface area contributed by atoms with Crippen LogP contribution in [0.25, 0.3) is 0 Å². The first kappa shape index (κ1) is 52.4. The molecule has 3 aromatic carbocycles. The van der Waals surface area contributed by atoms with Crippen LogP contribution in [0.5, 0.6) is 0 Å². The van der Waals surface area contributed by atoms with Crippen molar-refractivity contribution in [3.05, 3.63) is 108 Å². The minimum Gasteiger partial charge on any atom is -0.390 e. The average Bonchev–Trinajstić information content (AvgIpc) is 3.21. The summed E-state index contributed by atoms with van der Waals surface area (Å²) in [7, 11) is -1.78. The van der Waals surface area contributed by atoms with Crippen molar-refractivity contribution in [2.45, 2.75) is 142 Å². The monoisotopic (exact) mass is 890 g/mol. The Morgan fingerprint density at radius 3 is 1.46 bits per heavy atom. The van der Waals surface area contributed by atoms with E-state index in [9.17, 15) is 38.4 Å². The van der Waals surface area contributed by atoms with Crippen molar-refractivity contribution in [3.8, 4) is 0 Å². The lowest BCUT2D eigenvalue weighted by atomic mass is 9.96. The van der Waals surface area contributed by atoms with E-state index in [1.807, 2.05) is 133 Å². The molecule has 3 aromatic rings. The third kappa shape index (κ3) is 20.4. The molecule has 0 saturated carbocycles. The number of aliphatic hydroxyl groups is 2. The van der Waals surface area contributed by atoms with Crippen LogP contribution in [0.15, 0.2) is 91.0 Å². The Kier molecular flexibility index (Phi) is 22.7. The molecule has 0 fully saturated rings. The number of carbonyl (C=O) groups excluding carboxylic acids is 5. The molecular weight excluding hydrogens is 819 g/mol. The molecule has 3 rings (SSSR count). The molecule has 5 amide bonds. The fourth-order valence-electron chi connectivity index (χ4n) is 7.28. The molecule has 0 aliphatic rings. The van der Waals surface area contributed by atoms with Gasteiger partial charge in [0.15, 0.2) is 0 Å². The Morgan fingerprint density at radius 1 is 0.524 bits per heavy atom. The highest BCUT2D eigenvalue weighted by Crippen LogP contribution is 2.17. The molecular formula is C49H71N5O8S. The molecule has 0 aliphatic carbocycles.